The summed E-state index contributed by atoms with van der Waals surface area (Å²) in [6.07, 6.45) is 13.1. The van der Waals surface area contributed by atoms with Crippen LogP contribution in [0.2, 0.25) is 0 Å². The molecule has 0 saturated heterocycles. The molecular formula is C10H15N. The van der Waals surface area contributed by atoms with Gasteiger partial charge in [0.25, 0.3) is 0 Å². The molecule has 60 valence electrons. The second-order valence-electron chi connectivity index (χ2n) is 2.51. The third kappa shape index (κ3) is 2.46. The summed E-state index contributed by atoms with van der Waals surface area (Å²) in [6.45, 7) is 2.01. The van der Waals surface area contributed by atoms with Crippen LogP contribution in [0.1, 0.15) is 14.8 Å². The fourth-order valence-corrected chi connectivity index (χ4v) is 0.918. The van der Waals surface area contributed by atoms with Gasteiger partial charge in [0.15, 0.2) is 0 Å². The van der Waals surface area contributed by atoms with Crippen molar-refractivity contribution in [1.82, 2.24) is 0 Å². The fourth-order valence-electron chi connectivity index (χ4n) is 0.918. The zero-order valence-corrected chi connectivity index (χ0v) is 6.75. The zero-order valence-electron chi connectivity index (χ0n) is 6.75. The van der Waals surface area contributed by atoms with Gasteiger partial charge in [-0.25, -0.2) is 0 Å². The third-order valence-electron chi connectivity index (χ3n) is 1.57. The van der Waals surface area contributed by atoms with Gasteiger partial charge in [0.05, 0.1) is 0 Å². The Balaban J connectivity index is 0.00000121. The fraction of sp³-hybridized carbons (Fsp3) is 0.200. The lowest BCUT2D eigenvalue weighted by Gasteiger charge is -2.03. The molecule has 0 amide bonds. The number of hydrogen-bond acceptors (Lipinski definition) is 1. The van der Waals surface area contributed by atoms with Crippen LogP contribution in [0, 0.1) is 0 Å². The van der Waals surface area contributed by atoms with E-state index < -0.39 is 0 Å². The lowest BCUT2D eigenvalue weighted by molar-refractivity contribution is 1.20. The van der Waals surface area contributed by atoms with Crippen molar-refractivity contribution in [3.63, 3.8) is 0 Å². The predicted molar refractivity (Wildman–Crippen MR) is 51.0 cm³/mol. The molecule has 1 nitrogen and oxygen atoms in total. The Morgan fingerprint density at radius 1 is 1.55 bits per heavy atom. The standard InChI is InChI=1S/C10H13N.H2/c1-2-3-4-9-5-7-10(11)8-6-9;/h2-5,7-8H,6,11H2,1H3;1H/b3-2-,9-4-;. The van der Waals surface area contributed by atoms with Crippen molar-refractivity contribution in [3.8, 4) is 0 Å². The summed E-state index contributed by atoms with van der Waals surface area (Å²) in [4.78, 5) is 0. The Hall–Kier alpha value is -1.24. The molecule has 0 atom stereocenters. The topological polar surface area (TPSA) is 26.0 Å². The minimum absolute atomic E-state index is 0. The highest BCUT2D eigenvalue weighted by Gasteiger charge is 1.94. The molecule has 0 heterocycles. The highest BCUT2D eigenvalue weighted by atomic mass is 14.6. The van der Waals surface area contributed by atoms with Gasteiger partial charge >= 0.3 is 0 Å². The average Bonchev–Trinajstić information content (AvgIpc) is 2.04. The molecule has 1 rings (SSSR count). The Morgan fingerprint density at radius 2 is 2.36 bits per heavy atom. The van der Waals surface area contributed by atoms with E-state index >= 15 is 0 Å². The van der Waals surface area contributed by atoms with Gasteiger partial charge in [-0.2, -0.15) is 0 Å². The number of nitrogens with two attached hydrogens (primary N) is 1. The van der Waals surface area contributed by atoms with E-state index in [1.165, 1.54) is 5.57 Å². The third-order valence-corrected chi connectivity index (χ3v) is 1.57. The van der Waals surface area contributed by atoms with Crippen LogP contribution < -0.4 is 5.73 Å². The Kier molecular flexibility index (Phi) is 2.73. The molecule has 0 radical (unpaired) electrons. The van der Waals surface area contributed by atoms with E-state index in [9.17, 15) is 0 Å². The largest absolute Gasteiger partial charge is 0.399 e. The van der Waals surface area contributed by atoms with Crippen LogP contribution in [0.25, 0.3) is 0 Å². The number of rotatable bonds is 1. The van der Waals surface area contributed by atoms with Crippen molar-refractivity contribution in [2.45, 2.75) is 13.3 Å². The second-order valence-corrected chi connectivity index (χ2v) is 2.51. The average molecular weight is 149 g/mol. The van der Waals surface area contributed by atoms with Gasteiger partial charge in [-0.1, -0.05) is 30.4 Å². The normalized spacial score (nSPS) is 21.2. The summed E-state index contributed by atoms with van der Waals surface area (Å²) < 4.78 is 0. The van der Waals surface area contributed by atoms with E-state index in [2.05, 4.69) is 12.2 Å². The van der Waals surface area contributed by atoms with Gasteiger partial charge in [-0.3, -0.25) is 0 Å². The molecule has 2 N–H and O–H groups in total. The van der Waals surface area contributed by atoms with Gasteiger partial charge in [0.2, 0.25) is 0 Å². The van der Waals surface area contributed by atoms with Crippen LogP contribution in [-0.2, 0) is 0 Å². The Bertz CT molecular complexity index is 247. The van der Waals surface area contributed by atoms with Gasteiger partial charge in [0.1, 0.15) is 0 Å². The van der Waals surface area contributed by atoms with Crippen LogP contribution in [0.15, 0.2) is 47.7 Å². The smallest absolute Gasteiger partial charge is 0.0276 e. The van der Waals surface area contributed by atoms with E-state index in [1.54, 1.807) is 0 Å². The summed E-state index contributed by atoms with van der Waals surface area (Å²) in [5.41, 5.74) is 7.72. The van der Waals surface area contributed by atoms with Crippen molar-refractivity contribution in [1.29, 1.82) is 0 Å². The predicted octanol–water partition coefficient (Wildman–Crippen LogP) is 2.54. The highest BCUT2D eigenvalue weighted by molar-refractivity contribution is 5.35. The second kappa shape index (κ2) is 3.81. The molecule has 0 aromatic carbocycles. The summed E-state index contributed by atoms with van der Waals surface area (Å²) in [6, 6.07) is 0. The van der Waals surface area contributed by atoms with Crippen LogP contribution in [0.3, 0.4) is 0 Å². The zero-order chi connectivity index (χ0) is 8.10. The highest BCUT2D eigenvalue weighted by Crippen LogP contribution is 2.12. The summed E-state index contributed by atoms with van der Waals surface area (Å²) in [7, 11) is 0. The first-order valence-corrected chi connectivity index (χ1v) is 3.78. The monoisotopic (exact) mass is 149 g/mol. The van der Waals surface area contributed by atoms with E-state index in [4.69, 9.17) is 5.73 Å². The first-order chi connectivity index (χ1) is 5.33. The minimum Gasteiger partial charge on any atom is -0.399 e. The van der Waals surface area contributed by atoms with Crippen LogP contribution >= 0.6 is 0 Å². The van der Waals surface area contributed by atoms with E-state index in [0.29, 0.717) is 0 Å². The Morgan fingerprint density at radius 3 is 2.91 bits per heavy atom. The first kappa shape index (κ1) is 7.86. The van der Waals surface area contributed by atoms with Gasteiger partial charge in [-0.05, 0) is 25.0 Å². The molecule has 1 aliphatic rings. The molecule has 0 unspecified atom stereocenters. The van der Waals surface area contributed by atoms with E-state index in [1.807, 2.05) is 31.2 Å². The molecule has 0 bridgehead atoms. The Labute approximate surface area is 69.1 Å². The van der Waals surface area contributed by atoms with Gasteiger partial charge in [0, 0.05) is 7.12 Å². The van der Waals surface area contributed by atoms with Crippen LogP contribution in [0.5, 0.6) is 0 Å². The van der Waals surface area contributed by atoms with E-state index in [-0.39, 0.29) is 1.43 Å². The molecule has 0 spiro atoms. The maximum absolute atomic E-state index is 5.55. The maximum atomic E-state index is 5.55. The molecule has 0 aliphatic heterocycles. The minimum atomic E-state index is 0. The maximum Gasteiger partial charge on any atom is 0.0276 e. The molecular weight excluding hydrogens is 134 g/mol. The SMILES string of the molecule is C/C=C\C=C1\C=CC(N)=CC1.[HH]. The molecule has 1 aliphatic carbocycles. The molecule has 0 aromatic rings. The molecule has 0 saturated carbocycles. The molecule has 0 fully saturated rings. The quantitative estimate of drug-likeness (QED) is 0.609. The van der Waals surface area contributed by atoms with Crippen LogP contribution in [0.4, 0.5) is 0 Å². The first-order valence-electron chi connectivity index (χ1n) is 3.78. The van der Waals surface area contributed by atoms with Crippen molar-refractivity contribution >= 4 is 0 Å². The molecule has 1 heteroatoms. The van der Waals surface area contributed by atoms with E-state index in [0.717, 1.165) is 12.1 Å². The van der Waals surface area contributed by atoms with Gasteiger partial charge in [-0.15, -0.1) is 0 Å². The lowest BCUT2D eigenvalue weighted by atomic mass is 10.1. The van der Waals surface area contributed by atoms with Crippen molar-refractivity contribution in [3.05, 3.63) is 47.7 Å². The number of allylic oxidation sites excluding steroid dienone is 7. The van der Waals surface area contributed by atoms with Gasteiger partial charge < -0.3 is 5.73 Å². The molecule has 0 aromatic heterocycles. The van der Waals surface area contributed by atoms with Crippen molar-refractivity contribution < 1.29 is 1.43 Å². The summed E-state index contributed by atoms with van der Waals surface area (Å²) in [5.74, 6) is 0. The number of hydrogen-bond donors (Lipinski definition) is 1. The lowest BCUT2D eigenvalue weighted by Crippen LogP contribution is -1.96. The van der Waals surface area contributed by atoms with Crippen LogP contribution in [-0.4, -0.2) is 0 Å². The molecule has 11 heavy (non-hydrogen) atoms. The van der Waals surface area contributed by atoms with Crippen molar-refractivity contribution in [2.75, 3.05) is 0 Å². The summed E-state index contributed by atoms with van der Waals surface area (Å²) >= 11 is 0. The van der Waals surface area contributed by atoms with Crippen molar-refractivity contribution in [2.24, 2.45) is 5.73 Å². The summed E-state index contributed by atoms with van der Waals surface area (Å²) in [5, 5.41) is 0.